The number of likely N-dealkylation sites (N-methyl/N-ethyl adjacent to an activating group) is 1. The molecule has 1 aromatic rings. The lowest BCUT2D eigenvalue weighted by molar-refractivity contribution is 0.0743. The van der Waals surface area contributed by atoms with Gasteiger partial charge in [-0.1, -0.05) is 19.1 Å². The molecule has 1 aliphatic heterocycles. The Morgan fingerprint density at radius 2 is 2.00 bits per heavy atom. The van der Waals surface area contributed by atoms with Crippen LogP contribution in [0.5, 0.6) is 0 Å². The number of Topliss-reactive ketones (excluding diaryl/α,β-unsaturated/α-hetero) is 1. The molecule has 3 nitrogen and oxygen atoms in total. The lowest BCUT2D eigenvalue weighted by Gasteiger charge is -2.38. The highest BCUT2D eigenvalue weighted by molar-refractivity contribution is 14.1. The van der Waals surface area contributed by atoms with Gasteiger partial charge in [0, 0.05) is 34.8 Å². The van der Waals surface area contributed by atoms with Crippen LogP contribution in [0.3, 0.4) is 0 Å². The number of halogens is 1. The van der Waals surface area contributed by atoms with Crippen molar-refractivity contribution in [2.45, 2.75) is 19.4 Å². The molecule has 1 fully saturated rings. The summed E-state index contributed by atoms with van der Waals surface area (Å²) in [4.78, 5) is 16.9. The van der Waals surface area contributed by atoms with Gasteiger partial charge in [-0.05, 0) is 48.2 Å². The average molecular weight is 372 g/mol. The Hall–Kier alpha value is -0.460. The standard InChI is InChI=1S/C15H21IN2O/c1-3-14-10-18(9-8-17(14)2)11-15(19)12-4-6-13(16)7-5-12/h4-7,14H,3,8-11H2,1-2H3. The second kappa shape index (κ2) is 6.81. The number of piperazine rings is 1. The Morgan fingerprint density at radius 1 is 1.32 bits per heavy atom. The predicted molar refractivity (Wildman–Crippen MR) is 86.6 cm³/mol. The largest absolute Gasteiger partial charge is 0.301 e. The van der Waals surface area contributed by atoms with Gasteiger partial charge in [0.1, 0.15) is 0 Å². The first-order valence-corrected chi connectivity index (χ1v) is 7.89. The van der Waals surface area contributed by atoms with Crippen molar-refractivity contribution in [1.29, 1.82) is 0 Å². The maximum atomic E-state index is 12.2. The number of benzene rings is 1. The van der Waals surface area contributed by atoms with Crippen molar-refractivity contribution in [3.05, 3.63) is 33.4 Å². The molecule has 0 N–H and O–H groups in total. The number of carbonyl (C=O) groups excluding carboxylic acids is 1. The maximum Gasteiger partial charge on any atom is 0.176 e. The zero-order valence-corrected chi connectivity index (χ0v) is 13.8. The molecule has 0 radical (unpaired) electrons. The van der Waals surface area contributed by atoms with Crippen molar-refractivity contribution in [2.24, 2.45) is 0 Å². The fourth-order valence-electron chi connectivity index (χ4n) is 2.52. The number of rotatable bonds is 4. The Morgan fingerprint density at radius 3 is 2.63 bits per heavy atom. The number of carbonyl (C=O) groups is 1. The topological polar surface area (TPSA) is 23.6 Å². The van der Waals surface area contributed by atoms with Gasteiger partial charge in [0.2, 0.25) is 0 Å². The summed E-state index contributed by atoms with van der Waals surface area (Å²) in [6.45, 7) is 5.81. The van der Waals surface area contributed by atoms with E-state index in [0.717, 1.165) is 31.6 Å². The summed E-state index contributed by atoms with van der Waals surface area (Å²) in [5.41, 5.74) is 0.826. The summed E-state index contributed by atoms with van der Waals surface area (Å²) in [5.74, 6) is 0.232. The molecule has 0 bridgehead atoms. The minimum absolute atomic E-state index is 0.232. The molecule has 104 valence electrons. The van der Waals surface area contributed by atoms with E-state index >= 15 is 0 Å². The second-order valence-corrected chi connectivity index (χ2v) is 6.45. The van der Waals surface area contributed by atoms with Crippen LogP contribution in [0.1, 0.15) is 23.7 Å². The number of nitrogens with zero attached hydrogens (tertiary/aromatic N) is 2. The van der Waals surface area contributed by atoms with Gasteiger partial charge in [-0.3, -0.25) is 9.69 Å². The van der Waals surface area contributed by atoms with Crippen molar-refractivity contribution in [3.63, 3.8) is 0 Å². The molecule has 0 amide bonds. The van der Waals surface area contributed by atoms with E-state index in [-0.39, 0.29) is 5.78 Å². The molecule has 1 saturated heterocycles. The van der Waals surface area contributed by atoms with Crippen molar-refractivity contribution in [2.75, 3.05) is 33.2 Å². The fraction of sp³-hybridized carbons (Fsp3) is 0.533. The maximum absolute atomic E-state index is 12.2. The second-order valence-electron chi connectivity index (χ2n) is 5.21. The zero-order valence-electron chi connectivity index (χ0n) is 11.6. The molecular weight excluding hydrogens is 351 g/mol. The van der Waals surface area contributed by atoms with E-state index in [9.17, 15) is 4.79 Å². The van der Waals surface area contributed by atoms with E-state index in [2.05, 4.69) is 46.4 Å². The minimum atomic E-state index is 0.232. The quantitative estimate of drug-likeness (QED) is 0.600. The van der Waals surface area contributed by atoms with Crippen LogP contribution in [0.2, 0.25) is 0 Å². The molecule has 4 heteroatoms. The molecule has 0 spiro atoms. The van der Waals surface area contributed by atoms with Gasteiger partial charge in [0.05, 0.1) is 6.54 Å². The van der Waals surface area contributed by atoms with Gasteiger partial charge in [-0.25, -0.2) is 0 Å². The third-order valence-corrected chi connectivity index (χ3v) is 4.59. The van der Waals surface area contributed by atoms with Crippen LogP contribution in [-0.2, 0) is 0 Å². The summed E-state index contributed by atoms with van der Waals surface area (Å²) in [7, 11) is 2.17. The molecule has 0 aromatic heterocycles. The van der Waals surface area contributed by atoms with Gasteiger partial charge in [-0.15, -0.1) is 0 Å². The van der Waals surface area contributed by atoms with Crippen molar-refractivity contribution >= 4 is 28.4 Å². The van der Waals surface area contributed by atoms with E-state index in [1.54, 1.807) is 0 Å². The molecular formula is C15H21IN2O. The average Bonchev–Trinajstić information content (AvgIpc) is 2.41. The van der Waals surface area contributed by atoms with Crippen LogP contribution in [0.15, 0.2) is 24.3 Å². The highest BCUT2D eigenvalue weighted by Gasteiger charge is 2.24. The summed E-state index contributed by atoms with van der Waals surface area (Å²) in [6.07, 6.45) is 1.14. The van der Waals surface area contributed by atoms with Gasteiger partial charge in [0.25, 0.3) is 0 Å². The molecule has 19 heavy (non-hydrogen) atoms. The Labute approximate surface area is 129 Å². The van der Waals surface area contributed by atoms with Crippen molar-refractivity contribution in [1.82, 2.24) is 9.80 Å². The highest BCUT2D eigenvalue weighted by Crippen LogP contribution is 2.12. The van der Waals surface area contributed by atoms with Gasteiger partial charge >= 0.3 is 0 Å². The van der Waals surface area contributed by atoms with E-state index < -0.39 is 0 Å². The minimum Gasteiger partial charge on any atom is -0.301 e. The zero-order chi connectivity index (χ0) is 13.8. The normalized spacial score (nSPS) is 21.5. The third-order valence-electron chi connectivity index (χ3n) is 3.87. The monoisotopic (exact) mass is 372 g/mol. The smallest absolute Gasteiger partial charge is 0.176 e. The van der Waals surface area contributed by atoms with E-state index in [0.29, 0.717) is 12.6 Å². The SMILES string of the molecule is CCC1CN(CC(=O)c2ccc(I)cc2)CCN1C. The molecule has 1 aromatic carbocycles. The van der Waals surface area contributed by atoms with Crippen LogP contribution >= 0.6 is 22.6 Å². The Balaban J connectivity index is 1.94. The fourth-order valence-corrected chi connectivity index (χ4v) is 2.88. The molecule has 1 aliphatic rings. The molecule has 1 atom stereocenters. The Bertz CT molecular complexity index is 432. The van der Waals surface area contributed by atoms with Crippen LogP contribution < -0.4 is 0 Å². The third kappa shape index (κ3) is 4.00. The molecule has 0 aliphatic carbocycles. The summed E-state index contributed by atoms with van der Waals surface area (Å²) in [6, 6.07) is 8.42. The number of hydrogen-bond donors (Lipinski definition) is 0. The van der Waals surface area contributed by atoms with Crippen molar-refractivity contribution < 1.29 is 4.79 Å². The Kier molecular flexibility index (Phi) is 5.36. The van der Waals surface area contributed by atoms with Gasteiger partial charge < -0.3 is 4.90 Å². The van der Waals surface area contributed by atoms with E-state index in [1.165, 1.54) is 3.57 Å². The van der Waals surface area contributed by atoms with Crippen molar-refractivity contribution in [3.8, 4) is 0 Å². The van der Waals surface area contributed by atoms with Crippen LogP contribution in [0.25, 0.3) is 0 Å². The van der Waals surface area contributed by atoms with E-state index in [4.69, 9.17) is 0 Å². The predicted octanol–water partition coefficient (Wildman–Crippen LogP) is 2.50. The number of ketones is 1. The summed E-state index contributed by atoms with van der Waals surface area (Å²) >= 11 is 2.26. The first kappa shape index (κ1) is 14.9. The molecule has 2 rings (SSSR count). The molecule has 1 heterocycles. The first-order valence-electron chi connectivity index (χ1n) is 6.81. The molecule has 0 saturated carbocycles. The lowest BCUT2D eigenvalue weighted by Crippen LogP contribution is -2.52. The number of hydrogen-bond acceptors (Lipinski definition) is 3. The summed E-state index contributed by atoms with van der Waals surface area (Å²) in [5, 5.41) is 0. The lowest BCUT2D eigenvalue weighted by atomic mass is 10.1. The van der Waals surface area contributed by atoms with Crippen LogP contribution in [0, 0.1) is 3.57 Å². The van der Waals surface area contributed by atoms with Crippen LogP contribution in [0.4, 0.5) is 0 Å². The highest BCUT2D eigenvalue weighted by atomic mass is 127. The van der Waals surface area contributed by atoms with E-state index in [1.807, 2.05) is 24.3 Å². The van der Waals surface area contributed by atoms with Gasteiger partial charge in [-0.2, -0.15) is 0 Å². The summed E-state index contributed by atoms with van der Waals surface area (Å²) < 4.78 is 1.17. The van der Waals surface area contributed by atoms with Crippen LogP contribution in [-0.4, -0.2) is 54.9 Å². The van der Waals surface area contributed by atoms with Gasteiger partial charge in [0.15, 0.2) is 5.78 Å². The first-order chi connectivity index (χ1) is 9.10. The molecule has 1 unspecified atom stereocenters.